The first kappa shape index (κ1) is 19.7. The van der Waals surface area contributed by atoms with Crippen molar-refractivity contribution in [2.24, 2.45) is 0 Å². The molecule has 1 atom stereocenters. The lowest BCUT2D eigenvalue weighted by Gasteiger charge is -2.30. The number of anilines is 1. The normalized spacial score (nSPS) is 16.2. The van der Waals surface area contributed by atoms with Crippen molar-refractivity contribution in [1.29, 1.82) is 0 Å². The molecule has 7 nitrogen and oxygen atoms in total. The van der Waals surface area contributed by atoms with Crippen LogP contribution in [0.5, 0.6) is 0 Å². The third-order valence-corrected chi connectivity index (χ3v) is 4.68. The zero-order valence-corrected chi connectivity index (χ0v) is 16.0. The van der Waals surface area contributed by atoms with E-state index in [9.17, 15) is 19.3 Å². The second-order valence-electron chi connectivity index (χ2n) is 5.97. The van der Waals surface area contributed by atoms with Crippen LogP contribution in [0.1, 0.15) is 18.5 Å². The molecule has 1 heterocycles. The number of thiocarbonyl (C=S) groups is 1. The molecule has 1 aliphatic heterocycles. The molecule has 0 spiro atoms. The van der Waals surface area contributed by atoms with Crippen LogP contribution in [-0.2, 0) is 4.79 Å². The Morgan fingerprint density at radius 3 is 2.71 bits per heavy atom. The molecule has 1 unspecified atom stereocenters. The van der Waals surface area contributed by atoms with Gasteiger partial charge in [-0.15, -0.1) is 0 Å². The predicted molar refractivity (Wildman–Crippen MR) is 107 cm³/mol. The molecule has 3 N–H and O–H groups in total. The Bertz CT molecular complexity index is 1030. The Kier molecular flexibility index (Phi) is 5.57. The maximum absolute atomic E-state index is 13.9. The van der Waals surface area contributed by atoms with Gasteiger partial charge in [-0.25, -0.2) is 4.39 Å². The smallest absolute Gasteiger partial charge is 0.288 e. The first-order chi connectivity index (χ1) is 13.3. The quantitative estimate of drug-likeness (QED) is 0.395. The molecule has 0 fully saturated rings. The largest absolute Gasteiger partial charge is 0.351 e. The molecule has 28 heavy (non-hydrogen) atoms. The molecular weight excluding hydrogens is 407 g/mol. The SMILES string of the molecule is CC1=C(C(=O)Nc2ccccc2F)C(c2ccc(Cl)c([N+](=O)[O-])c2)NC(=S)N1. The van der Waals surface area contributed by atoms with Gasteiger partial charge >= 0.3 is 0 Å². The number of allylic oxidation sites excluding steroid dienone is 1. The van der Waals surface area contributed by atoms with Crippen LogP contribution in [0, 0.1) is 15.9 Å². The van der Waals surface area contributed by atoms with Gasteiger partial charge in [-0.05, 0) is 42.9 Å². The lowest BCUT2D eigenvalue weighted by molar-refractivity contribution is -0.384. The number of nitro benzene ring substituents is 1. The van der Waals surface area contributed by atoms with Crippen molar-refractivity contribution < 1.29 is 14.1 Å². The molecule has 1 aliphatic rings. The van der Waals surface area contributed by atoms with E-state index in [2.05, 4.69) is 16.0 Å². The Morgan fingerprint density at radius 2 is 2.04 bits per heavy atom. The van der Waals surface area contributed by atoms with Crippen molar-refractivity contribution in [3.05, 3.63) is 80.3 Å². The fourth-order valence-electron chi connectivity index (χ4n) is 2.85. The number of carbonyl (C=O) groups is 1. The van der Waals surface area contributed by atoms with E-state index >= 15 is 0 Å². The number of nitrogens with zero attached hydrogens (tertiary/aromatic N) is 1. The summed E-state index contributed by atoms with van der Waals surface area (Å²) in [6.07, 6.45) is 0. The minimum Gasteiger partial charge on any atom is -0.351 e. The average Bonchev–Trinajstić information content (AvgIpc) is 2.63. The highest BCUT2D eigenvalue weighted by Crippen LogP contribution is 2.33. The summed E-state index contributed by atoms with van der Waals surface area (Å²) in [7, 11) is 0. The highest BCUT2D eigenvalue weighted by atomic mass is 35.5. The van der Waals surface area contributed by atoms with E-state index in [0.717, 1.165) is 0 Å². The number of nitrogens with one attached hydrogen (secondary N) is 3. The Hall–Kier alpha value is -3.04. The van der Waals surface area contributed by atoms with Crippen LogP contribution in [0.2, 0.25) is 5.02 Å². The molecular formula is C18H14ClFN4O3S. The fourth-order valence-corrected chi connectivity index (χ4v) is 3.30. The van der Waals surface area contributed by atoms with E-state index in [1.165, 1.54) is 30.3 Å². The molecule has 144 valence electrons. The van der Waals surface area contributed by atoms with E-state index in [0.29, 0.717) is 11.3 Å². The van der Waals surface area contributed by atoms with Crippen LogP contribution in [0.15, 0.2) is 53.7 Å². The zero-order chi connectivity index (χ0) is 20.4. The third kappa shape index (κ3) is 3.95. The summed E-state index contributed by atoms with van der Waals surface area (Å²) in [5.74, 6) is -1.16. The van der Waals surface area contributed by atoms with Crippen molar-refractivity contribution in [2.45, 2.75) is 13.0 Å². The number of nitro groups is 1. The van der Waals surface area contributed by atoms with Crippen LogP contribution < -0.4 is 16.0 Å². The maximum Gasteiger partial charge on any atom is 0.288 e. The molecule has 0 aromatic heterocycles. The van der Waals surface area contributed by atoms with Crippen molar-refractivity contribution >= 4 is 46.2 Å². The molecule has 2 aromatic rings. The maximum atomic E-state index is 13.9. The van der Waals surface area contributed by atoms with Crippen LogP contribution in [0.3, 0.4) is 0 Å². The highest BCUT2D eigenvalue weighted by molar-refractivity contribution is 7.80. The van der Waals surface area contributed by atoms with Gasteiger partial charge in [0, 0.05) is 11.8 Å². The molecule has 10 heteroatoms. The molecule has 1 amide bonds. The van der Waals surface area contributed by atoms with Crippen molar-refractivity contribution in [3.63, 3.8) is 0 Å². The second kappa shape index (κ2) is 7.91. The van der Waals surface area contributed by atoms with Gasteiger partial charge in [0.25, 0.3) is 11.6 Å². The number of amides is 1. The Balaban J connectivity index is 2.02. The van der Waals surface area contributed by atoms with Crippen molar-refractivity contribution in [1.82, 2.24) is 10.6 Å². The minimum absolute atomic E-state index is 0.0155. The summed E-state index contributed by atoms with van der Waals surface area (Å²) in [6.45, 7) is 1.64. The molecule has 0 radical (unpaired) electrons. The highest BCUT2D eigenvalue weighted by Gasteiger charge is 2.31. The summed E-state index contributed by atoms with van der Waals surface area (Å²) in [6, 6.07) is 9.19. The van der Waals surface area contributed by atoms with Gasteiger partial charge in [-0.3, -0.25) is 14.9 Å². The number of hydrogen-bond donors (Lipinski definition) is 3. The minimum atomic E-state index is -0.781. The summed E-state index contributed by atoms with van der Waals surface area (Å²) in [5, 5.41) is 19.7. The van der Waals surface area contributed by atoms with Gasteiger partial charge in [0.1, 0.15) is 10.8 Å². The molecule has 0 saturated carbocycles. The Morgan fingerprint density at radius 1 is 1.32 bits per heavy atom. The number of hydrogen-bond acceptors (Lipinski definition) is 4. The van der Waals surface area contributed by atoms with E-state index < -0.39 is 22.7 Å². The lowest BCUT2D eigenvalue weighted by Crippen LogP contribution is -2.45. The van der Waals surface area contributed by atoms with E-state index in [-0.39, 0.29) is 27.1 Å². The summed E-state index contributed by atoms with van der Waals surface area (Å²) < 4.78 is 13.9. The van der Waals surface area contributed by atoms with Crippen LogP contribution in [0.25, 0.3) is 0 Å². The summed E-state index contributed by atoms with van der Waals surface area (Å²) in [4.78, 5) is 23.5. The van der Waals surface area contributed by atoms with Gasteiger partial charge < -0.3 is 16.0 Å². The lowest BCUT2D eigenvalue weighted by atomic mass is 9.94. The Labute approximate surface area is 169 Å². The van der Waals surface area contributed by atoms with Crippen molar-refractivity contribution in [2.75, 3.05) is 5.32 Å². The number of rotatable bonds is 4. The van der Waals surface area contributed by atoms with E-state index in [1.807, 2.05) is 0 Å². The van der Waals surface area contributed by atoms with Gasteiger partial charge in [0.05, 0.1) is 22.2 Å². The van der Waals surface area contributed by atoms with Crippen molar-refractivity contribution in [3.8, 4) is 0 Å². The van der Waals surface area contributed by atoms with E-state index in [1.54, 1.807) is 19.1 Å². The van der Waals surface area contributed by atoms with Gasteiger partial charge in [-0.1, -0.05) is 29.8 Å². The second-order valence-corrected chi connectivity index (χ2v) is 6.79. The number of benzene rings is 2. The van der Waals surface area contributed by atoms with Gasteiger partial charge in [0.15, 0.2) is 5.11 Å². The fraction of sp³-hybridized carbons (Fsp3) is 0.111. The van der Waals surface area contributed by atoms with E-state index in [4.69, 9.17) is 23.8 Å². The average molecular weight is 421 g/mol. The van der Waals surface area contributed by atoms with Crippen LogP contribution >= 0.6 is 23.8 Å². The molecule has 0 aliphatic carbocycles. The number of para-hydroxylation sites is 1. The molecule has 2 aromatic carbocycles. The van der Waals surface area contributed by atoms with Crippen LogP contribution in [0.4, 0.5) is 15.8 Å². The zero-order valence-electron chi connectivity index (χ0n) is 14.5. The standard InChI is InChI=1S/C18H14ClFN4O3S/c1-9-15(17(25)22-13-5-3-2-4-12(13)20)16(23-18(28)21-9)10-6-7-11(19)14(8-10)24(26)27/h2-8,16H,1H3,(H,22,25)(H2,21,23,28). The van der Waals surface area contributed by atoms with Gasteiger partial charge in [0.2, 0.25) is 0 Å². The number of halogens is 2. The van der Waals surface area contributed by atoms with Crippen LogP contribution in [-0.4, -0.2) is 15.9 Å². The number of carbonyl (C=O) groups excluding carboxylic acids is 1. The first-order valence-corrected chi connectivity index (χ1v) is 8.84. The molecule has 0 saturated heterocycles. The summed E-state index contributed by atoms with van der Waals surface area (Å²) in [5.41, 5.74) is 0.797. The van der Waals surface area contributed by atoms with Gasteiger partial charge in [-0.2, -0.15) is 0 Å². The monoisotopic (exact) mass is 420 g/mol. The third-order valence-electron chi connectivity index (χ3n) is 4.14. The molecule has 3 rings (SSSR count). The topological polar surface area (TPSA) is 96.3 Å². The molecule has 0 bridgehead atoms. The first-order valence-electron chi connectivity index (χ1n) is 8.06. The summed E-state index contributed by atoms with van der Waals surface area (Å²) >= 11 is 11.0. The predicted octanol–water partition coefficient (Wildman–Crippen LogP) is 3.82.